The Morgan fingerprint density at radius 2 is 1.87 bits per heavy atom. The van der Waals surface area contributed by atoms with Gasteiger partial charge in [0.05, 0.1) is 6.26 Å². The zero-order chi connectivity index (χ0) is 16.5. The van der Waals surface area contributed by atoms with Crippen LogP contribution in [0.3, 0.4) is 0 Å². The van der Waals surface area contributed by atoms with Crippen LogP contribution in [0.15, 0.2) is 0 Å². The molecule has 2 heterocycles. The molecular weight excluding hydrogens is 336 g/mol. The lowest BCUT2D eigenvalue weighted by Gasteiger charge is -2.21. The minimum atomic E-state index is -3.20. The van der Waals surface area contributed by atoms with Gasteiger partial charge in [0.15, 0.2) is 0 Å². The van der Waals surface area contributed by atoms with Crippen LogP contribution < -0.4 is 9.62 Å². The molecule has 8 heteroatoms. The molecule has 0 aromatic carbocycles. The third-order valence-corrected chi connectivity index (χ3v) is 4.97. The summed E-state index contributed by atoms with van der Waals surface area (Å²) >= 11 is 0. The van der Waals surface area contributed by atoms with Crippen LogP contribution in [0.1, 0.15) is 36.8 Å². The number of aryl methyl sites for hydroxylation is 2. The number of hydrogen-bond donors (Lipinski definition) is 1. The second-order valence-corrected chi connectivity index (χ2v) is 8.04. The van der Waals surface area contributed by atoms with Crippen LogP contribution in [-0.2, 0) is 10.0 Å². The van der Waals surface area contributed by atoms with Gasteiger partial charge in [-0.3, -0.25) is 0 Å². The van der Waals surface area contributed by atoms with E-state index in [0.29, 0.717) is 12.5 Å². The molecule has 1 aromatic heterocycles. The highest BCUT2D eigenvalue weighted by molar-refractivity contribution is 7.88. The Morgan fingerprint density at radius 3 is 2.43 bits per heavy atom. The lowest BCUT2D eigenvalue weighted by Crippen LogP contribution is -2.40. The van der Waals surface area contributed by atoms with E-state index < -0.39 is 10.0 Å². The number of hydrogen-bond acceptors (Lipinski definition) is 5. The van der Waals surface area contributed by atoms with Gasteiger partial charge in [0.1, 0.15) is 11.6 Å². The third-order valence-electron chi connectivity index (χ3n) is 4.24. The standard InChI is InChI=1S/C15H26N4O2S.ClH/c1-6-7-13-8-19(9-14(13)18-22(5,20)21)15-10(2)11(3)16-12(4)17-15;/h13-14,18H,6-9H2,1-5H3;1H/t13-,14-;/m0./s1. The van der Waals surface area contributed by atoms with Crippen molar-refractivity contribution in [1.82, 2.24) is 14.7 Å². The molecule has 0 bridgehead atoms. The first-order chi connectivity index (χ1) is 10.2. The monoisotopic (exact) mass is 362 g/mol. The Hall–Kier alpha value is -0.920. The van der Waals surface area contributed by atoms with Crippen LogP contribution in [0.25, 0.3) is 0 Å². The molecule has 2 rings (SSSR count). The summed E-state index contributed by atoms with van der Waals surface area (Å²) in [5, 5.41) is 0. The molecule has 0 aliphatic carbocycles. The fraction of sp³-hybridized carbons (Fsp3) is 0.733. The highest BCUT2D eigenvalue weighted by atomic mass is 35.5. The maximum absolute atomic E-state index is 11.6. The summed E-state index contributed by atoms with van der Waals surface area (Å²) in [4.78, 5) is 11.2. The maximum atomic E-state index is 11.6. The van der Waals surface area contributed by atoms with E-state index in [1.807, 2.05) is 20.8 Å². The van der Waals surface area contributed by atoms with Crippen LogP contribution in [0, 0.1) is 26.7 Å². The Labute approximate surface area is 145 Å². The third kappa shape index (κ3) is 5.02. The second-order valence-electron chi connectivity index (χ2n) is 6.26. The van der Waals surface area contributed by atoms with Crippen molar-refractivity contribution >= 4 is 28.2 Å². The van der Waals surface area contributed by atoms with Crippen LogP contribution >= 0.6 is 12.4 Å². The van der Waals surface area contributed by atoms with Crippen LogP contribution in [0.4, 0.5) is 5.82 Å². The summed E-state index contributed by atoms with van der Waals surface area (Å²) in [5.74, 6) is 2.00. The molecule has 1 aliphatic rings. The first-order valence-corrected chi connectivity index (χ1v) is 9.64. The largest absolute Gasteiger partial charge is 0.354 e. The smallest absolute Gasteiger partial charge is 0.209 e. The molecule has 6 nitrogen and oxygen atoms in total. The minimum absolute atomic E-state index is 0. The van der Waals surface area contributed by atoms with Gasteiger partial charge >= 0.3 is 0 Å². The van der Waals surface area contributed by atoms with Gasteiger partial charge < -0.3 is 4.90 Å². The Bertz CT molecular complexity index is 651. The minimum Gasteiger partial charge on any atom is -0.354 e. The van der Waals surface area contributed by atoms with E-state index in [1.54, 1.807) is 0 Å². The molecule has 0 spiro atoms. The second kappa shape index (κ2) is 7.77. The molecule has 1 aromatic rings. The predicted octanol–water partition coefficient (Wildman–Crippen LogP) is 1.98. The summed E-state index contributed by atoms with van der Waals surface area (Å²) < 4.78 is 26.0. The van der Waals surface area contributed by atoms with E-state index in [9.17, 15) is 8.42 Å². The summed E-state index contributed by atoms with van der Waals surface area (Å²) in [6.45, 7) is 9.52. The van der Waals surface area contributed by atoms with Crippen molar-refractivity contribution in [3.05, 3.63) is 17.1 Å². The molecule has 0 radical (unpaired) electrons. The van der Waals surface area contributed by atoms with E-state index >= 15 is 0 Å². The number of nitrogens with one attached hydrogen (secondary N) is 1. The van der Waals surface area contributed by atoms with Crippen molar-refractivity contribution in [2.24, 2.45) is 5.92 Å². The molecule has 1 aliphatic heterocycles. The predicted molar refractivity (Wildman–Crippen MR) is 95.9 cm³/mol. The Morgan fingerprint density at radius 1 is 1.22 bits per heavy atom. The van der Waals surface area contributed by atoms with Crippen molar-refractivity contribution in [2.45, 2.75) is 46.6 Å². The van der Waals surface area contributed by atoms with Crippen molar-refractivity contribution in [3.63, 3.8) is 0 Å². The fourth-order valence-corrected chi connectivity index (χ4v) is 3.99. The van der Waals surface area contributed by atoms with Crippen molar-refractivity contribution in [3.8, 4) is 0 Å². The first kappa shape index (κ1) is 20.1. The summed E-state index contributed by atoms with van der Waals surface area (Å²) in [7, 11) is -3.20. The number of halogens is 1. The Balaban J connectivity index is 0.00000264. The lowest BCUT2D eigenvalue weighted by molar-refractivity contribution is 0.442. The average Bonchev–Trinajstić information content (AvgIpc) is 2.75. The summed E-state index contributed by atoms with van der Waals surface area (Å²) in [6, 6.07) is -0.0510. The van der Waals surface area contributed by atoms with Crippen molar-refractivity contribution < 1.29 is 8.42 Å². The van der Waals surface area contributed by atoms with Gasteiger partial charge in [0.2, 0.25) is 10.0 Å². The number of rotatable bonds is 5. The number of nitrogens with zero attached hydrogens (tertiary/aromatic N) is 3. The molecule has 0 saturated carbocycles. The molecule has 0 amide bonds. The van der Waals surface area contributed by atoms with E-state index in [2.05, 4.69) is 26.5 Å². The van der Waals surface area contributed by atoms with Gasteiger partial charge in [-0.15, -0.1) is 12.4 Å². The lowest BCUT2D eigenvalue weighted by atomic mass is 9.99. The average molecular weight is 363 g/mol. The quantitative estimate of drug-likeness (QED) is 0.866. The summed E-state index contributed by atoms with van der Waals surface area (Å²) in [5.41, 5.74) is 2.05. The van der Waals surface area contributed by atoms with Gasteiger partial charge in [-0.25, -0.2) is 23.1 Å². The van der Waals surface area contributed by atoms with Crippen LogP contribution in [-0.4, -0.2) is 43.8 Å². The van der Waals surface area contributed by atoms with Gasteiger partial charge in [-0.1, -0.05) is 13.3 Å². The topological polar surface area (TPSA) is 75.2 Å². The normalized spacial score (nSPS) is 21.3. The van der Waals surface area contributed by atoms with E-state index in [4.69, 9.17) is 0 Å². The molecule has 1 fully saturated rings. The van der Waals surface area contributed by atoms with E-state index in [1.165, 1.54) is 6.26 Å². The Kier molecular flexibility index (Phi) is 6.80. The maximum Gasteiger partial charge on any atom is 0.209 e. The molecule has 2 atom stereocenters. The molecule has 0 unspecified atom stereocenters. The number of sulfonamides is 1. The van der Waals surface area contributed by atoms with Crippen LogP contribution in [0.5, 0.6) is 0 Å². The molecule has 23 heavy (non-hydrogen) atoms. The van der Waals surface area contributed by atoms with Gasteiger partial charge in [0, 0.05) is 30.4 Å². The SMILES string of the molecule is CCC[C@H]1CN(c2nc(C)nc(C)c2C)C[C@@H]1NS(C)(=O)=O.Cl. The van der Waals surface area contributed by atoms with Crippen LogP contribution in [0.2, 0.25) is 0 Å². The first-order valence-electron chi connectivity index (χ1n) is 7.75. The van der Waals surface area contributed by atoms with E-state index in [0.717, 1.165) is 42.3 Å². The molecule has 132 valence electrons. The number of aromatic nitrogens is 2. The van der Waals surface area contributed by atoms with Gasteiger partial charge in [0.25, 0.3) is 0 Å². The zero-order valence-electron chi connectivity index (χ0n) is 14.5. The van der Waals surface area contributed by atoms with Gasteiger partial charge in [-0.2, -0.15) is 0 Å². The molecule has 1 N–H and O–H groups in total. The highest BCUT2D eigenvalue weighted by Crippen LogP contribution is 2.29. The van der Waals surface area contributed by atoms with Crippen molar-refractivity contribution in [1.29, 1.82) is 0 Å². The fourth-order valence-electron chi connectivity index (χ4n) is 3.17. The zero-order valence-corrected chi connectivity index (χ0v) is 16.1. The number of anilines is 1. The van der Waals surface area contributed by atoms with E-state index in [-0.39, 0.29) is 18.4 Å². The molecular formula is C15H27ClN4O2S. The van der Waals surface area contributed by atoms with Gasteiger partial charge in [-0.05, 0) is 33.1 Å². The highest BCUT2D eigenvalue weighted by Gasteiger charge is 2.35. The molecule has 1 saturated heterocycles. The summed E-state index contributed by atoms with van der Waals surface area (Å²) in [6.07, 6.45) is 3.27. The van der Waals surface area contributed by atoms with Crippen molar-refractivity contribution in [2.75, 3.05) is 24.2 Å².